The molecule has 0 saturated carbocycles. The van der Waals surface area contributed by atoms with E-state index in [1.807, 2.05) is 22.3 Å². The van der Waals surface area contributed by atoms with Gasteiger partial charge in [-0.05, 0) is 0 Å². The molecule has 2 heteroatoms. The quantitative estimate of drug-likeness (QED) is 0.527. The van der Waals surface area contributed by atoms with Crippen LogP contribution in [0.5, 0.6) is 0 Å². The Hall–Kier alpha value is 0.750. The van der Waals surface area contributed by atoms with Crippen LogP contribution in [-0.2, 0) is 5.11 Å². The van der Waals surface area contributed by atoms with E-state index in [0.717, 1.165) is 4.47 Å². The first kappa shape index (κ1) is 5.75. The van der Waals surface area contributed by atoms with Crippen LogP contribution < -0.4 is 0 Å². The SMILES string of the molecule is CC([O])C[Te]. The molecule has 0 fully saturated rings. The fourth-order valence-electron chi connectivity index (χ4n) is 0. The summed E-state index contributed by atoms with van der Waals surface area (Å²) in [7, 11) is 0. The summed E-state index contributed by atoms with van der Waals surface area (Å²) < 4.78 is 0.760. The van der Waals surface area contributed by atoms with Crippen molar-refractivity contribution in [1.82, 2.24) is 0 Å². The van der Waals surface area contributed by atoms with Gasteiger partial charge in [-0.15, -0.1) is 0 Å². The van der Waals surface area contributed by atoms with Crippen molar-refractivity contribution in [1.29, 1.82) is 0 Å². The topological polar surface area (TPSA) is 19.9 Å². The van der Waals surface area contributed by atoms with Crippen LogP contribution in [0.4, 0.5) is 0 Å². The van der Waals surface area contributed by atoms with Gasteiger partial charge in [0.15, 0.2) is 0 Å². The normalized spacial score (nSPS) is 15.0. The van der Waals surface area contributed by atoms with Gasteiger partial charge in [-0.25, -0.2) is 0 Å². The van der Waals surface area contributed by atoms with Gasteiger partial charge in [-0.1, -0.05) is 0 Å². The summed E-state index contributed by atoms with van der Waals surface area (Å²) in [6.07, 6.45) is -0.361. The number of hydrogen-bond donors (Lipinski definition) is 0. The van der Waals surface area contributed by atoms with Crippen molar-refractivity contribution in [2.24, 2.45) is 0 Å². The minimum atomic E-state index is -0.361. The average Bonchev–Trinajstić information content (AvgIpc) is 1.38. The van der Waals surface area contributed by atoms with Crippen LogP contribution in [0.3, 0.4) is 0 Å². The van der Waals surface area contributed by atoms with Crippen molar-refractivity contribution in [2.45, 2.75) is 17.5 Å². The van der Waals surface area contributed by atoms with Crippen molar-refractivity contribution in [3.05, 3.63) is 0 Å². The van der Waals surface area contributed by atoms with Gasteiger partial charge >= 0.3 is 44.9 Å². The Balaban J connectivity index is 2.54. The second kappa shape index (κ2) is 2.96. The van der Waals surface area contributed by atoms with Gasteiger partial charge < -0.3 is 0 Å². The molecule has 0 heterocycles. The average molecular weight is 186 g/mol. The molecule has 1 unspecified atom stereocenters. The molecule has 1 atom stereocenters. The van der Waals surface area contributed by atoms with Crippen LogP contribution in [0.2, 0.25) is 4.47 Å². The molecule has 0 spiro atoms. The molecule has 0 rings (SSSR count). The maximum atomic E-state index is 9.90. The first-order valence-corrected chi connectivity index (χ1v) is 3.16. The van der Waals surface area contributed by atoms with Crippen molar-refractivity contribution in [3.63, 3.8) is 0 Å². The Bertz CT molecular complexity index is 20.9. The van der Waals surface area contributed by atoms with Gasteiger partial charge in [0, 0.05) is 0 Å². The van der Waals surface area contributed by atoms with Gasteiger partial charge in [0.2, 0.25) is 0 Å². The standard InChI is InChI=1S/C3H6OTe/c1-3(4)2-5/h3H,2H2,1H3. The van der Waals surface area contributed by atoms with Crippen molar-refractivity contribution in [3.8, 4) is 0 Å². The summed E-state index contributed by atoms with van der Waals surface area (Å²) in [6.45, 7) is 1.67. The van der Waals surface area contributed by atoms with E-state index in [4.69, 9.17) is 0 Å². The zero-order valence-corrected chi connectivity index (χ0v) is 5.43. The van der Waals surface area contributed by atoms with Gasteiger partial charge in [-0.3, -0.25) is 0 Å². The zero-order valence-electron chi connectivity index (χ0n) is 3.10. The van der Waals surface area contributed by atoms with Crippen LogP contribution in [0.15, 0.2) is 0 Å². The Morgan fingerprint density at radius 1 is 2.00 bits per heavy atom. The van der Waals surface area contributed by atoms with Gasteiger partial charge in [-0.2, -0.15) is 0 Å². The van der Waals surface area contributed by atoms with E-state index in [0.29, 0.717) is 0 Å². The van der Waals surface area contributed by atoms with E-state index in [2.05, 4.69) is 0 Å². The molecule has 0 N–H and O–H groups in total. The summed E-state index contributed by atoms with van der Waals surface area (Å²) in [4.78, 5) is 0. The Labute approximate surface area is 45.3 Å². The summed E-state index contributed by atoms with van der Waals surface area (Å²) in [6, 6.07) is 0. The molecular weight excluding hydrogens is 180 g/mol. The minimum absolute atomic E-state index is 0.361. The molecule has 0 aromatic heterocycles. The van der Waals surface area contributed by atoms with Gasteiger partial charge in [0.1, 0.15) is 0 Å². The fourth-order valence-corrected chi connectivity index (χ4v) is 0. The molecule has 5 heavy (non-hydrogen) atoms. The van der Waals surface area contributed by atoms with Gasteiger partial charge in [0.25, 0.3) is 0 Å². The first-order valence-electron chi connectivity index (χ1n) is 1.51. The second-order valence-corrected chi connectivity index (χ2v) is 1.93. The Morgan fingerprint density at radius 2 is 2.20 bits per heavy atom. The van der Waals surface area contributed by atoms with E-state index in [1.54, 1.807) is 6.92 Å². The summed E-state index contributed by atoms with van der Waals surface area (Å²) in [5.74, 6) is 0. The molecule has 0 bridgehead atoms. The first-order chi connectivity index (χ1) is 2.27. The molecule has 30 valence electrons. The van der Waals surface area contributed by atoms with Crippen LogP contribution in [0.25, 0.3) is 0 Å². The predicted octanol–water partition coefficient (Wildman–Crippen LogP) is 0.392. The summed E-state index contributed by atoms with van der Waals surface area (Å²) in [5, 5.41) is 9.90. The fraction of sp³-hybridized carbons (Fsp3) is 1.00. The van der Waals surface area contributed by atoms with Crippen molar-refractivity contribution in [2.75, 3.05) is 0 Å². The number of hydrogen-bond acceptors (Lipinski definition) is 0. The molecule has 1 nitrogen and oxygen atoms in total. The molecule has 0 aliphatic heterocycles. The van der Waals surface area contributed by atoms with Crippen LogP contribution in [0.1, 0.15) is 6.92 Å². The van der Waals surface area contributed by atoms with E-state index in [9.17, 15) is 5.11 Å². The van der Waals surface area contributed by atoms with E-state index < -0.39 is 0 Å². The van der Waals surface area contributed by atoms with Crippen LogP contribution >= 0.6 is 0 Å². The third kappa shape index (κ3) is 4.75. The molecule has 0 aromatic rings. The third-order valence-corrected chi connectivity index (χ3v) is 1.57. The predicted molar refractivity (Wildman–Crippen MR) is 20.7 cm³/mol. The molecule has 0 aliphatic rings. The maximum absolute atomic E-state index is 9.90. The van der Waals surface area contributed by atoms with Crippen molar-refractivity contribution >= 4 is 22.3 Å². The summed E-state index contributed by atoms with van der Waals surface area (Å²) in [5.41, 5.74) is 0. The Morgan fingerprint density at radius 3 is 2.20 bits per heavy atom. The molecule has 0 amide bonds. The molecule has 0 aromatic carbocycles. The number of rotatable bonds is 1. The zero-order chi connectivity index (χ0) is 4.28. The van der Waals surface area contributed by atoms with E-state index in [1.165, 1.54) is 0 Å². The molecule has 0 aliphatic carbocycles. The van der Waals surface area contributed by atoms with E-state index in [-0.39, 0.29) is 6.10 Å². The Kier molecular flexibility index (Phi) is 3.40. The van der Waals surface area contributed by atoms with Crippen molar-refractivity contribution < 1.29 is 5.11 Å². The van der Waals surface area contributed by atoms with Gasteiger partial charge in [0.05, 0.1) is 0 Å². The van der Waals surface area contributed by atoms with Crippen LogP contribution in [0, 0.1) is 0 Å². The third-order valence-electron chi connectivity index (χ3n) is 0.235. The monoisotopic (exact) mass is 188 g/mol. The van der Waals surface area contributed by atoms with E-state index >= 15 is 0 Å². The molecular formula is C3H6OTe. The van der Waals surface area contributed by atoms with Crippen LogP contribution in [-0.4, -0.2) is 28.4 Å². The second-order valence-electron chi connectivity index (χ2n) is 0.977. The molecule has 0 saturated heterocycles. The molecule has 2 radical (unpaired) electrons. The summed E-state index contributed by atoms with van der Waals surface area (Å²) >= 11 is 1.83.